The van der Waals surface area contributed by atoms with Gasteiger partial charge in [0.05, 0.1) is 85.1 Å². The number of nitrogens with two attached hydrogens (primary N) is 1. The number of aromatic amines is 4. The molecule has 0 aliphatic carbocycles. The maximum atomic E-state index is 6.38. The van der Waals surface area contributed by atoms with Crippen molar-refractivity contribution >= 4 is 65.6 Å². The van der Waals surface area contributed by atoms with Crippen molar-refractivity contribution in [2.75, 3.05) is 16.0 Å². The number of hydrogen-bond acceptors (Lipinski definition) is 14. The summed E-state index contributed by atoms with van der Waals surface area (Å²) in [4.78, 5) is 59.0. The lowest BCUT2D eigenvalue weighted by Gasteiger charge is -2.29. The topological polar surface area (TPSA) is 254 Å². The van der Waals surface area contributed by atoms with Gasteiger partial charge in [0.2, 0.25) is 17.8 Å². The molecule has 0 unspecified atom stereocenters. The molecule has 9 N–H and O–H groups in total. The van der Waals surface area contributed by atoms with Crippen LogP contribution in [0.1, 0.15) is 131 Å². The molecule has 18 nitrogen and oxygen atoms in total. The first-order valence-corrected chi connectivity index (χ1v) is 31.7. The van der Waals surface area contributed by atoms with E-state index in [-0.39, 0.29) is 45.8 Å². The van der Waals surface area contributed by atoms with Gasteiger partial charge in [0.25, 0.3) is 0 Å². The number of anilines is 3. The van der Waals surface area contributed by atoms with Gasteiger partial charge in [-0.25, -0.2) is 49.8 Å². The van der Waals surface area contributed by atoms with Crippen LogP contribution >= 0.6 is 47.8 Å². The maximum Gasteiger partial charge on any atom is 0.223 e. The number of H-pyrrole nitrogens is 4. The molecular formula is C68H75Br3N18. The van der Waals surface area contributed by atoms with Gasteiger partial charge in [-0.15, -0.1) is 0 Å². The van der Waals surface area contributed by atoms with Crippen LogP contribution in [0.15, 0.2) is 172 Å². The molecule has 11 rings (SSSR count). The first-order chi connectivity index (χ1) is 42.2. The minimum atomic E-state index is -0.156. The first kappa shape index (κ1) is 63.8. The van der Waals surface area contributed by atoms with Crippen LogP contribution in [0.25, 0.3) is 67.3 Å². The lowest BCUT2D eigenvalue weighted by Crippen LogP contribution is -2.27. The Labute approximate surface area is 545 Å². The highest BCUT2D eigenvalue weighted by atomic mass is 79.9. The number of benzene rings is 4. The molecule has 7 heterocycles. The van der Waals surface area contributed by atoms with Gasteiger partial charge in [-0.05, 0) is 114 Å². The van der Waals surface area contributed by atoms with E-state index in [0.717, 1.165) is 104 Å². The largest absolute Gasteiger partial charge is 0.344 e. The monoisotopic (exact) mass is 1380 g/mol. The van der Waals surface area contributed by atoms with Crippen LogP contribution in [-0.4, -0.2) is 69.8 Å². The summed E-state index contributed by atoms with van der Waals surface area (Å²) in [6.45, 7) is 25.8. The maximum absolute atomic E-state index is 6.38. The second-order valence-corrected chi connectivity index (χ2v) is 29.1. The zero-order valence-electron chi connectivity index (χ0n) is 52.0. The SMILES string of the molecule is CC(C)(C)[C@H](N)c1ncc(-c2ccc(-c3ccc(-c4cnc([C@@H](Nc5ncc(Br)cn5)C(C)(C)C)[nH]4)cc3)cc2)[nH]1.CC(C)(C)[C@H](Nc1ncc(Br)cn1)c1ncc(-c2ccc(-c3ccc(-c4cnc([C@@H](Nc5ncc(Br)cn5)C(C)(C)C)[nH]4)cc3)cc2)[nH]1. The van der Waals surface area contributed by atoms with Gasteiger partial charge in [0, 0.05) is 37.2 Å². The van der Waals surface area contributed by atoms with Crippen molar-refractivity contribution in [3.8, 4) is 67.3 Å². The molecule has 89 heavy (non-hydrogen) atoms. The van der Waals surface area contributed by atoms with E-state index < -0.39 is 0 Å². The Morgan fingerprint density at radius 1 is 0.292 bits per heavy atom. The lowest BCUT2D eigenvalue weighted by atomic mass is 9.86. The van der Waals surface area contributed by atoms with Gasteiger partial charge in [-0.1, -0.05) is 180 Å². The van der Waals surface area contributed by atoms with Gasteiger partial charge in [0.1, 0.15) is 23.3 Å². The number of aromatic nitrogens is 14. The number of rotatable bonds is 16. The Morgan fingerprint density at radius 2 is 0.494 bits per heavy atom. The van der Waals surface area contributed by atoms with Crippen LogP contribution in [0.2, 0.25) is 0 Å². The zero-order chi connectivity index (χ0) is 63.4. The van der Waals surface area contributed by atoms with Gasteiger partial charge < -0.3 is 41.6 Å². The van der Waals surface area contributed by atoms with Crippen molar-refractivity contribution in [2.45, 2.75) is 107 Å². The first-order valence-electron chi connectivity index (χ1n) is 29.3. The average molecular weight is 1380 g/mol. The summed E-state index contributed by atoms with van der Waals surface area (Å²) in [7, 11) is 0. The van der Waals surface area contributed by atoms with Crippen LogP contribution in [-0.2, 0) is 0 Å². The van der Waals surface area contributed by atoms with E-state index >= 15 is 0 Å². The predicted molar refractivity (Wildman–Crippen MR) is 367 cm³/mol. The van der Waals surface area contributed by atoms with E-state index in [2.05, 4.69) is 299 Å². The number of halogens is 3. The van der Waals surface area contributed by atoms with E-state index in [4.69, 9.17) is 20.7 Å². The Balaban J connectivity index is 0.000000199. The summed E-state index contributed by atoms with van der Waals surface area (Å²) >= 11 is 10.2. The number of nitrogens with one attached hydrogen (secondary N) is 7. The van der Waals surface area contributed by atoms with E-state index in [1.807, 2.05) is 24.8 Å². The molecule has 4 atom stereocenters. The summed E-state index contributed by atoms with van der Waals surface area (Å²) in [5.41, 5.74) is 18.5. The summed E-state index contributed by atoms with van der Waals surface area (Å²) in [6, 6.07) is 33.5. The highest BCUT2D eigenvalue weighted by Crippen LogP contribution is 2.39. The zero-order valence-corrected chi connectivity index (χ0v) is 56.8. The molecule has 0 fully saturated rings. The van der Waals surface area contributed by atoms with Crippen molar-refractivity contribution in [1.82, 2.24) is 69.8 Å². The van der Waals surface area contributed by atoms with Gasteiger partial charge in [-0.2, -0.15) is 0 Å². The molecule has 0 saturated heterocycles. The minimum absolute atomic E-state index is 0.0664. The fourth-order valence-corrected chi connectivity index (χ4v) is 10.6. The highest BCUT2D eigenvalue weighted by molar-refractivity contribution is 9.11. The van der Waals surface area contributed by atoms with Crippen LogP contribution in [0.4, 0.5) is 17.8 Å². The molecule has 0 aliphatic rings. The Morgan fingerprint density at radius 3 is 0.708 bits per heavy atom. The lowest BCUT2D eigenvalue weighted by molar-refractivity contribution is 0.317. The van der Waals surface area contributed by atoms with Crippen LogP contribution < -0.4 is 21.7 Å². The van der Waals surface area contributed by atoms with Crippen LogP contribution in [0, 0.1) is 21.7 Å². The molecule has 0 amide bonds. The molecule has 7 aromatic heterocycles. The third-order valence-electron chi connectivity index (χ3n) is 15.2. The molecule has 0 bridgehead atoms. The summed E-state index contributed by atoms with van der Waals surface area (Å²) < 4.78 is 2.50. The molecule has 0 spiro atoms. The van der Waals surface area contributed by atoms with Crippen LogP contribution in [0.3, 0.4) is 0 Å². The van der Waals surface area contributed by atoms with E-state index in [0.29, 0.717) is 17.8 Å². The van der Waals surface area contributed by atoms with E-state index in [1.165, 1.54) is 0 Å². The Hall–Kier alpha value is -8.24. The highest BCUT2D eigenvalue weighted by Gasteiger charge is 2.33. The van der Waals surface area contributed by atoms with E-state index in [1.54, 1.807) is 37.2 Å². The predicted octanol–water partition coefficient (Wildman–Crippen LogP) is 17.6. The van der Waals surface area contributed by atoms with Crippen LogP contribution in [0.5, 0.6) is 0 Å². The van der Waals surface area contributed by atoms with Crippen molar-refractivity contribution < 1.29 is 0 Å². The smallest absolute Gasteiger partial charge is 0.223 e. The third kappa shape index (κ3) is 16.0. The number of nitrogens with zero attached hydrogens (tertiary/aromatic N) is 10. The average Bonchev–Trinajstić information content (AvgIpc) is 2.15. The van der Waals surface area contributed by atoms with E-state index in [9.17, 15) is 0 Å². The van der Waals surface area contributed by atoms with Crippen molar-refractivity contribution in [1.29, 1.82) is 0 Å². The fraction of sp³-hybridized carbons (Fsp3) is 0.294. The summed E-state index contributed by atoms with van der Waals surface area (Å²) in [5, 5.41) is 10.3. The molecule has 11 aromatic rings. The number of imidazole rings is 4. The second-order valence-electron chi connectivity index (χ2n) is 26.4. The molecule has 0 saturated carbocycles. The van der Waals surface area contributed by atoms with Crippen molar-refractivity contribution in [3.63, 3.8) is 0 Å². The van der Waals surface area contributed by atoms with Gasteiger partial charge in [-0.3, -0.25) is 0 Å². The fourth-order valence-electron chi connectivity index (χ4n) is 9.94. The van der Waals surface area contributed by atoms with Gasteiger partial charge >= 0.3 is 0 Å². The van der Waals surface area contributed by atoms with Gasteiger partial charge in [0.15, 0.2) is 0 Å². The third-order valence-corrected chi connectivity index (χ3v) is 16.4. The Kier molecular flexibility index (Phi) is 19.0. The molecule has 0 aliphatic heterocycles. The van der Waals surface area contributed by atoms with Crippen molar-refractivity contribution in [3.05, 3.63) is 196 Å². The molecule has 0 radical (unpaired) electrons. The molecule has 21 heteroatoms. The van der Waals surface area contributed by atoms with Crippen molar-refractivity contribution in [2.24, 2.45) is 27.4 Å². The summed E-state index contributed by atoms with van der Waals surface area (Å²) in [5.74, 6) is 4.97. The number of hydrogen-bond donors (Lipinski definition) is 8. The minimum Gasteiger partial charge on any atom is -0.344 e. The Bertz CT molecular complexity index is 3930. The normalized spacial score (nSPS) is 13.4. The molecule has 4 aromatic carbocycles. The second kappa shape index (κ2) is 26.5. The molecule has 458 valence electrons. The summed E-state index contributed by atoms with van der Waals surface area (Å²) in [6.07, 6.45) is 17.9. The standard InChI is InChI=1S/C36H38Br2N10.C32H37BrN8/c1-35(2,3)29(47-33-41-15-25(37)16-42-33)31-39-19-27(45-31)23-11-7-21(8-12-23)22-9-13-24(14-10-22)28-20-40-32(46-28)30(36(4,5)6)48-34-43-17-26(38)18-44-34;1-31(2,3)26(34)28-35-17-24(39-28)21-11-7-19(8-12-21)20-9-13-22(14-10-20)25-18-36-29(40-25)27(32(4,5)6)41-30-37-15-23(33)16-38-30/h7-20,29-30H,1-6H3,(H,39,45)(H,40,46)(H,41,42,47)(H,43,44,48);7-18,26-27H,34H2,1-6H3,(H,35,39)(H,36,40)(H,37,38,41)/t29-,30-;26-,27-/m11/s1. The quantitative estimate of drug-likeness (QED) is 0.0448. The molecular weight excluding hydrogens is 1310 g/mol.